The lowest BCUT2D eigenvalue weighted by Gasteiger charge is -2.17. The lowest BCUT2D eigenvalue weighted by Crippen LogP contribution is -2.26. The highest BCUT2D eigenvalue weighted by Crippen LogP contribution is 2.12. The van der Waals surface area contributed by atoms with Crippen LogP contribution in [0.5, 0.6) is 0 Å². The average molecular weight is 305 g/mol. The summed E-state index contributed by atoms with van der Waals surface area (Å²) in [4.78, 5) is 14.5. The van der Waals surface area contributed by atoms with Crippen molar-refractivity contribution in [1.29, 1.82) is 0 Å². The molecule has 0 radical (unpaired) electrons. The maximum Gasteiger partial charge on any atom is 0.253 e. The number of halogens is 1. The van der Waals surface area contributed by atoms with E-state index in [4.69, 9.17) is 0 Å². The van der Waals surface area contributed by atoms with Gasteiger partial charge in [-0.3, -0.25) is 9.00 Å². The van der Waals surface area contributed by atoms with E-state index in [0.717, 1.165) is 5.56 Å². The number of hydrogen-bond acceptors (Lipinski definition) is 2. The number of hydrogen-bond donors (Lipinski definition) is 0. The second-order valence-corrected chi connectivity index (χ2v) is 6.15. The molecule has 1 atom stereocenters. The van der Waals surface area contributed by atoms with Crippen LogP contribution in [-0.4, -0.2) is 28.3 Å². The Kier molecular flexibility index (Phi) is 4.85. The normalized spacial score (nSPS) is 12.0. The Morgan fingerprint density at radius 3 is 2.19 bits per heavy atom. The van der Waals surface area contributed by atoms with Crippen molar-refractivity contribution in [2.45, 2.75) is 11.4 Å². The van der Waals surface area contributed by atoms with Gasteiger partial charge in [-0.25, -0.2) is 4.39 Å². The summed E-state index contributed by atoms with van der Waals surface area (Å²) in [6, 6.07) is 12.8. The quantitative estimate of drug-likeness (QED) is 0.871. The SMILES string of the molecule is CN(Cc1ccc(F)cc1)C(=O)c1ccc(S(C)=O)cc1. The van der Waals surface area contributed by atoms with Gasteiger partial charge >= 0.3 is 0 Å². The molecule has 0 saturated heterocycles. The third kappa shape index (κ3) is 3.98. The first-order valence-corrected chi connectivity index (χ1v) is 7.96. The van der Waals surface area contributed by atoms with Crippen molar-refractivity contribution in [2.24, 2.45) is 0 Å². The van der Waals surface area contributed by atoms with E-state index < -0.39 is 10.8 Å². The first-order chi connectivity index (χ1) is 9.97. The highest BCUT2D eigenvalue weighted by molar-refractivity contribution is 7.84. The summed E-state index contributed by atoms with van der Waals surface area (Å²) in [5, 5.41) is 0. The number of benzene rings is 2. The Bertz CT molecular complexity index is 653. The van der Waals surface area contributed by atoms with Gasteiger partial charge in [0.05, 0.1) is 0 Å². The average Bonchev–Trinajstić information content (AvgIpc) is 2.49. The highest BCUT2D eigenvalue weighted by atomic mass is 32.2. The summed E-state index contributed by atoms with van der Waals surface area (Å²) in [6.07, 6.45) is 1.59. The minimum absolute atomic E-state index is 0.132. The standard InChI is InChI=1S/C16H16FNO2S/c1-18(11-12-3-7-14(17)8-4-12)16(19)13-5-9-15(10-6-13)21(2)20/h3-10H,11H2,1-2H3. The lowest BCUT2D eigenvalue weighted by atomic mass is 10.1. The topological polar surface area (TPSA) is 37.4 Å². The molecule has 3 nitrogen and oxygen atoms in total. The third-order valence-corrected chi connectivity index (χ3v) is 4.05. The van der Waals surface area contributed by atoms with Gasteiger partial charge in [-0.15, -0.1) is 0 Å². The Hall–Kier alpha value is -2.01. The van der Waals surface area contributed by atoms with Crippen LogP contribution in [0.1, 0.15) is 15.9 Å². The molecule has 0 aliphatic carbocycles. The molecule has 0 bridgehead atoms. The van der Waals surface area contributed by atoms with Gasteiger partial charge in [0.2, 0.25) is 0 Å². The van der Waals surface area contributed by atoms with Crippen molar-refractivity contribution in [1.82, 2.24) is 4.90 Å². The van der Waals surface area contributed by atoms with Crippen LogP contribution in [0.15, 0.2) is 53.4 Å². The van der Waals surface area contributed by atoms with Crippen molar-refractivity contribution >= 4 is 16.7 Å². The molecule has 0 fully saturated rings. The van der Waals surface area contributed by atoms with Crippen molar-refractivity contribution in [3.05, 3.63) is 65.5 Å². The predicted octanol–water partition coefficient (Wildman–Crippen LogP) is 2.84. The van der Waals surface area contributed by atoms with Gasteiger partial charge in [0.1, 0.15) is 5.82 Å². The largest absolute Gasteiger partial charge is 0.337 e. The molecular formula is C16H16FNO2S. The van der Waals surface area contributed by atoms with E-state index in [-0.39, 0.29) is 11.7 Å². The van der Waals surface area contributed by atoms with E-state index in [1.807, 2.05) is 0 Å². The van der Waals surface area contributed by atoms with Crippen LogP contribution < -0.4 is 0 Å². The molecule has 5 heteroatoms. The Labute approximate surface area is 125 Å². The predicted molar refractivity (Wildman–Crippen MR) is 81.0 cm³/mol. The van der Waals surface area contributed by atoms with Crippen LogP contribution >= 0.6 is 0 Å². The van der Waals surface area contributed by atoms with E-state index in [1.165, 1.54) is 12.1 Å². The van der Waals surface area contributed by atoms with Crippen molar-refractivity contribution in [3.63, 3.8) is 0 Å². The Morgan fingerprint density at radius 1 is 1.10 bits per heavy atom. The molecule has 1 amide bonds. The van der Waals surface area contributed by atoms with Crippen LogP contribution in [0.2, 0.25) is 0 Å². The smallest absolute Gasteiger partial charge is 0.253 e. The highest BCUT2D eigenvalue weighted by Gasteiger charge is 2.12. The zero-order chi connectivity index (χ0) is 15.4. The number of carbonyl (C=O) groups excluding carboxylic acids is 1. The lowest BCUT2D eigenvalue weighted by molar-refractivity contribution is 0.0785. The second kappa shape index (κ2) is 6.63. The van der Waals surface area contributed by atoms with Crippen LogP contribution in [0, 0.1) is 5.82 Å². The summed E-state index contributed by atoms with van der Waals surface area (Å²) >= 11 is 0. The minimum Gasteiger partial charge on any atom is -0.337 e. The fourth-order valence-corrected chi connectivity index (χ4v) is 2.46. The Balaban J connectivity index is 2.08. The molecule has 0 aliphatic heterocycles. The van der Waals surface area contributed by atoms with Gasteiger partial charge in [0, 0.05) is 41.1 Å². The van der Waals surface area contributed by atoms with E-state index in [9.17, 15) is 13.4 Å². The molecule has 110 valence electrons. The Morgan fingerprint density at radius 2 is 1.67 bits per heavy atom. The van der Waals surface area contributed by atoms with Crippen molar-refractivity contribution < 1.29 is 13.4 Å². The fourth-order valence-electron chi connectivity index (χ4n) is 1.95. The second-order valence-electron chi connectivity index (χ2n) is 4.77. The minimum atomic E-state index is -1.06. The number of nitrogens with zero attached hydrogens (tertiary/aromatic N) is 1. The van der Waals surface area contributed by atoms with Crippen molar-refractivity contribution in [3.8, 4) is 0 Å². The van der Waals surface area contributed by atoms with Gasteiger partial charge in [0.25, 0.3) is 5.91 Å². The molecular weight excluding hydrogens is 289 g/mol. The maximum atomic E-state index is 12.8. The third-order valence-electron chi connectivity index (χ3n) is 3.11. The molecule has 0 N–H and O–H groups in total. The van der Waals surface area contributed by atoms with Gasteiger partial charge in [-0.2, -0.15) is 0 Å². The molecule has 0 aromatic heterocycles. The summed E-state index contributed by atoms with van der Waals surface area (Å²) in [5.41, 5.74) is 1.40. The zero-order valence-electron chi connectivity index (χ0n) is 11.9. The summed E-state index contributed by atoms with van der Waals surface area (Å²) < 4.78 is 24.2. The number of amides is 1. The number of carbonyl (C=O) groups is 1. The maximum absolute atomic E-state index is 12.8. The van der Waals surface area contributed by atoms with Gasteiger partial charge in [-0.1, -0.05) is 12.1 Å². The molecule has 0 aliphatic rings. The first-order valence-electron chi connectivity index (χ1n) is 6.41. The van der Waals surface area contributed by atoms with E-state index >= 15 is 0 Å². The fraction of sp³-hybridized carbons (Fsp3) is 0.188. The van der Waals surface area contributed by atoms with E-state index in [2.05, 4.69) is 0 Å². The van der Waals surface area contributed by atoms with Crippen LogP contribution in [0.3, 0.4) is 0 Å². The molecule has 2 aromatic carbocycles. The molecule has 0 heterocycles. The van der Waals surface area contributed by atoms with Crippen LogP contribution in [-0.2, 0) is 17.3 Å². The molecule has 0 saturated carbocycles. The number of rotatable bonds is 4. The first kappa shape index (κ1) is 15.4. The van der Waals surface area contributed by atoms with Gasteiger partial charge < -0.3 is 4.90 Å². The summed E-state index contributed by atoms with van der Waals surface area (Å²) in [6.45, 7) is 0.403. The summed E-state index contributed by atoms with van der Waals surface area (Å²) in [7, 11) is 0.637. The van der Waals surface area contributed by atoms with Gasteiger partial charge in [-0.05, 0) is 42.0 Å². The molecule has 1 unspecified atom stereocenters. The molecule has 2 aromatic rings. The van der Waals surface area contributed by atoms with Crippen LogP contribution in [0.25, 0.3) is 0 Å². The molecule has 21 heavy (non-hydrogen) atoms. The summed E-state index contributed by atoms with van der Waals surface area (Å²) in [5.74, 6) is -0.427. The van der Waals surface area contributed by atoms with Gasteiger partial charge in [0.15, 0.2) is 0 Å². The molecule has 0 spiro atoms. The van der Waals surface area contributed by atoms with Crippen LogP contribution in [0.4, 0.5) is 4.39 Å². The van der Waals surface area contributed by atoms with E-state index in [1.54, 1.807) is 54.6 Å². The molecule has 2 rings (SSSR count). The monoisotopic (exact) mass is 305 g/mol. The van der Waals surface area contributed by atoms with E-state index in [0.29, 0.717) is 17.0 Å². The zero-order valence-corrected chi connectivity index (χ0v) is 12.7. The van der Waals surface area contributed by atoms with Crippen molar-refractivity contribution in [2.75, 3.05) is 13.3 Å².